The zero-order chi connectivity index (χ0) is 38.2. The standard InChI is InChI=1S/C44H56O6Si2/c1-23(2)51(24(3)4,25(5)6)49-38-21-32-34(45)17-19-36(47)41(32)43-30(38)15-13-29-14-16-31-39(50-52(26(7)8,27(9)10)28(11)12)22-33-35(46)18-20-37(48)42(33)44(31)40(29)43/h13-28,45-48H,1-12H3. The molecule has 276 valence electrons. The second-order valence-electron chi connectivity index (χ2n) is 16.7. The molecule has 0 radical (unpaired) electrons. The quantitative estimate of drug-likeness (QED) is 0.0635. The number of aromatic hydroxyl groups is 4. The van der Waals surface area contributed by atoms with Gasteiger partial charge in [-0.15, -0.1) is 0 Å². The summed E-state index contributed by atoms with van der Waals surface area (Å²) in [6.07, 6.45) is 0. The van der Waals surface area contributed by atoms with Crippen LogP contribution in [0.5, 0.6) is 34.5 Å². The van der Waals surface area contributed by atoms with Crippen molar-refractivity contribution in [2.75, 3.05) is 0 Å². The van der Waals surface area contributed by atoms with Gasteiger partial charge in [0.15, 0.2) is 0 Å². The number of fused-ring (bicyclic) bond motifs is 9. The monoisotopic (exact) mass is 736 g/mol. The van der Waals surface area contributed by atoms with E-state index in [1.54, 1.807) is 0 Å². The lowest BCUT2D eigenvalue weighted by Crippen LogP contribution is -2.50. The van der Waals surface area contributed by atoms with E-state index in [-0.39, 0.29) is 23.0 Å². The highest BCUT2D eigenvalue weighted by Crippen LogP contribution is 2.53. The fraction of sp³-hybridized carbons (Fsp3) is 0.409. The number of hydrogen-bond donors (Lipinski definition) is 4. The van der Waals surface area contributed by atoms with Gasteiger partial charge < -0.3 is 29.3 Å². The van der Waals surface area contributed by atoms with Gasteiger partial charge in [0.25, 0.3) is 16.6 Å². The van der Waals surface area contributed by atoms with Crippen LogP contribution in [0.15, 0.2) is 60.7 Å². The summed E-state index contributed by atoms with van der Waals surface area (Å²) in [4.78, 5) is 0. The lowest BCUT2D eigenvalue weighted by Gasteiger charge is -2.42. The minimum Gasteiger partial charge on any atom is -0.542 e. The first kappa shape index (κ1) is 37.6. The van der Waals surface area contributed by atoms with Crippen LogP contribution < -0.4 is 8.85 Å². The minimum atomic E-state index is -2.49. The first-order valence-electron chi connectivity index (χ1n) is 18.9. The molecule has 0 aliphatic carbocycles. The van der Waals surface area contributed by atoms with Gasteiger partial charge in [-0.25, -0.2) is 0 Å². The fourth-order valence-corrected chi connectivity index (χ4v) is 20.5. The SMILES string of the molecule is CC(C)[Si](Oc1cc2c(O)ccc(O)c2c2c1ccc1ccc3c(O[Si](C(C)C)(C(C)C)C(C)C)cc4c(O)ccc(O)c4c3c12)(C(C)C)C(C)C. The van der Waals surface area contributed by atoms with Gasteiger partial charge in [0.1, 0.15) is 34.5 Å². The van der Waals surface area contributed by atoms with Crippen molar-refractivity contribution in [3.63, 3.8) is 0 Å². The van der Waals surface area contributed by atoms with Crippen LogP contribution in [-0.4, -0.2) is 37.1 Å². The summed E-state index contributed by atoms with van der Waals surface area (Å²) in [6, 6.07) is 18.1. The molecule has 0 heterocycles. The first-order chi connectivity index (χ1) is 24.4. The molecule has 0 bridgehead atoms. The van der Waals surface area contributed by atoms with Gasteiger partial charge in [-0.1, -0.05) is 107 Å². The largest absolute Gasteiger partial charge is 0.542 e. The van der Waals surface area contributed by atoms with Crippen LogP contribution in [0.25, 0.3) is 53.9 Å². The Labute approximate surface area is 310 Å². The highest BCUT2D eigenvalue weighted by molar-refractivity contribution is 6.79. The zero-order valence-electron chi connectivity index (χ0n) is 32.8. The van der Waals surface area contributed by atoms with Crippen molar-refractivity contribution >= 4 is 70.5 Å². The van der Waals surface area contributed by atoms with Crippen LogP contribution >= 0.6 is 0 Å². The average molecular weight is 737 g/mol. The Morgan fingerprint density at radius 2 is 0.673 bits per heavy atom. The third kappa shape index (κ3) is 5.47. The van der Waals surface area contributed by atoms with Gasteiger partial charge in [0.05, 0.1) is 0 Å². The van der Waals surface area contributed by atoms with Crippen molar-refractivity contribution in [2.24, 2.45) is 0 Å². The smallest absolute Gasteiger partial charge is 0.258 e. The van der Waals surface area contributed by atoms with Crippen LogP contribution in [0.3, 0.4) is 0 Å². The first-order valence-corrected chi connectivity index (χ1v) is 23.2. The van der Waals surface area contributed by atoms with Crippen molar-refractivity contribution in [2.45, 2.75) is 116 Å². The molecule has 52 heavy (non-hydrogen) atoms. The molecule has 4 N–H and O–H groups in total. The van der Waals surface area contributed by atoms with Crippen LogP contribution in [0.2, 0.25) is 33.2 Å². The molecule has 6 rings (SSSR count). The summed E-state index contributed by atoms with van der Waals surface area (Å²) < 4.78 is 14.8. The molecule has 0 saturated heterocycles. The Balaban J connectivity index is 1.90. The molecule has 0 fully saturated rings. The molecule has 0 unspecified atom stereocenters. The van der Waals surface area contributed by atoms with Crippen LogP contribution in [0, 0.1) is 0 Å². The fourth-order valence-electron chi connectivity index (χ4n) is 10.0. The van der Waals surface area contributed by atoms with Gasteiger partial charge in [0.2, 0.25) is 0 Å². The Morgan fingerprint density at radius 3 is 0.981 bits per heavy atom. The molecular weight excluding hydrogens is 681 g/mol. The van der Waals surface area contributed by atoms with Crippen molar-refractivity contribution in [3.05, 3.63) is 60.7 Å². The summed E-state index contributed by atoms with van der Waals surface area (Å²) in [5.41, 5.74) is 1.80. The Kier molecular flexibility index (Phi) is 9.67. The van der Waals surface area contributed by atoms with E-state index in [0.29, 0.717) is 77.1 Å². The van der Waals surface area contributed by atoms with Gasteiger partial charge >= 0.3 is 0 Å². The van der Waals surface area contributed by atoms with E-state index in [2.05, 4.69) is 107 Å². The van der Waals surface area contributed by atoms with E-state index in [1.807, 2.05) is 12.1 Å². The Morgan fingerprint density at radius 1 is 0.365 bits per heavy atom. The zero-order valence-corrected chi connectivity index (χ0v) is 34.8. The summed E-state index contributed by atoms with van der Waals surface area (Å²) in [5.74, 6) is 1.48. The van der Waals surface area contributed by atoms with Crippen molar-refractivity contribution in [1.82, 2.24) is 0 Å². The number of rotatable bonds is 10. The Hall–Kier alpha value is -4.15. The molecule has 0 spiro atoms. The van der Waals surface area contributed by atoms with E-state index < -0.39 is 16.6 Å². The van der Waals surface area contributed by atoms with E-state index in [9.17, 15) is 20.4 Å². The predicted molar refractivity (Wildman–Crippen MR) is 224 cm³/mol. The molecule has 0 saturated carbocycles. The van der Waals surface area contributed by atoms with Crippen molar-refractivity contribution in [3.8, 4) is 34.5 Å². The van der Waals surface area contributed by atoms with Gasteiger partial charge in [-0.2, -0.15) is 0 Å². The van der Waals surface area contributed by atoms with Crippen LogP contribution in [-0.2, 0) is 0 Å². The molecule has 8 heteroatoms. The molecular formula is C44H56O6Si2. The summed E-state index contributed by atoms with van der Waals surface area (Å²) in [5, 5.41) is 52.9. The predicted octanol–water partition coefficient (Wildman–Crippen LogP) is 13.4. The molecule has 0 atom stereocenters. The van der Waals surface area contributed by atoms with Gasteiger partial charge in [-0.05, 0) is 80.4 Å². The highest BCUT2D eigenvalue weighted by Gasteiger charge is 2.48. The highest BCUT2D eigenvalue weighted by atomic mass is 28.4. The minimum absolute atomic E-state index is 0.0311. The maximum absolute atomic E-state index is 11.7. The van der Waals surface area contributed by atoms with E-state index >= 15 is 0 Å². The number of phenols is 4. The maximum Gasteiger partial charge on any atom is 0.258 e. The topological polar surface area (TPSA) is 99.4 Å². The van der Waals surface area contributed by atoms with Crippen LogP contribution in [0.1, 0.15) is 83.1 Å². The van der Waals surface area contributed by atoms with E-state index in [0.717, 1.165) is 21.5 Å². The van der Waals surface area contributed by atoms with Crippen molar-refractivity contribution in [1.29, 1.82) is 0 Å². The van der Waals surface area contributed by atoms with Gasteiger partial charge in [0, 0.05) is 43.1 Å². The lowest BCUT2D eigenvalue weighted by atomic mass is 9.89. The van der Waals surface area contributed by atoms with Crippen molar-refractivity contribution < 1.29 is 29.3 Å². The molecule has 0 amide bonds. The number of hydrogen-bond acceptors (Lipinski definition) is 6. The third-order valence-corrected chi connectivity index (χ3v) is 24.1. The lowest BCUT2D eigenvalue weighted by molar-refractivity contribution is 0.468. The third-order valence-electron chi connectivity index (χ3n) is 12.2. The normalized spacial score (nSPS) is 13.2. The molecule has 6 aromatic rings. The molecule has 0 aromatic heterocycles. The maximum atomic E-state index is 11.7. The second-order valence-corrected chi connectivity index (χ2v) is 27.5. The summed E-state index contributed by atoms with van der Waals surface area (Å²) >= 11 is 0. The average Bonchev–Trinajstić information content (AvgIpc) is 3.07. The summed E-state index contributed by atoms with van der Waals surface area (Å²) in [6.45, 7) is 27.0. The summed E-state index contributed by atoms with van der Waals surface area (Å²) in [7, 11) is -4.97. The molecule has 6 nitrogen and oxygen atoms in total. The molecule has 0 aliphatic rings. The molecule has 6 aromatic carbocycles. The van der Waals surface area contributed by atoms with Gasteiger partial charge in [-0.3, -0.25) is 0 Å². The number of phenolic OH excluding ortho intramolecular Hbond substituents is 4. The Bertz CT molecular complexity index is 2140. The second kappa shape index (κ2) is 13.4. The molecule has 0 aliphatic heterocycles. The number of benzene rings is 6. The van der Waals surface area contributed by atoms with E-state index in [1.165, 1.54) is 24.3 Å². The van der Waals surface area contributed by atoms with Crippen LogP contribution in [0.4, 0.5) is 0 Å². The van der Waals surface area contributed by atoms with E-state index in [4.69, 9.17) is 8.85 Å².